The van der Waals surface area contributed by atoms with Gasteiger partial charge in [0, 0.05) is 32.6 Å². The smallest absolute Gasteiger partial charge is 0.382 e. The quantitative estimate of drug-likeness (QED) is 0.209. The Bertz CT molecular complexity index is 807. The molecule has 1 fully saturated rings. The Morgan fingerprint density at radius 3 is 2.37 bits per heavy atom. The average molecular weight is 446 g/mol. The van der Waals surface area contributed by atoms with Crippen LogP contribution in [0.5, 0.6) is 0 Å². The molecule has 11 heteroatoms. The third-order valence-electron chi connectivity index (χ3n) is 4.04. The zero-order chi connectivity index (χ0) is 22.7. The standard InChI is InChI=1S/C17H18F3NO5.C2H3NS/c1-25-7-8-26-9-11-10(5-6-14(21-11)17(18,19)20)16(24)15-12(22)3-2-4-13(15)23;1-3-2-4/h5-6,15H,2-4,7-9H2,1H3;1H3. The van der Waals surface area contributed by atoms with Gasteiger partial charge in [-0.1, -0.05) is 0 Å². The monoisotopic (exact) mass is 446 g/mol. The van der Waals surface area contributed by atoms with Gasteiger partial charge < -0.3 is 9.47 Å². The fraction of sp³-hybridized carbons (Fsp3) is 0.526. The van der Waals surface area contributed by atoms with Gasteiger partial charge in [0.2, 0.25) is 0 Å². The van der Waals surface area contributed by atoms with Gasteiger partial charge in [-0.2, -0.15) is 13.2 Å². The number of carbonyl (C=O) groups is 3. The van der Waals surface area contributed by atoms with Crippen LogP contribution in [-0.2, 0) is 31.8 Å². The zero-order valence-corrected chi connectivity index (χ0v) is 17.3. The number of hydrogen-bond donors (Lipinski definition) is 0. The lowest BCUT2D eigenvalue weighted by molar-refractivity contribution is -0.141. The van der Waals surface area contributed by atoms with Gasteiger partial charge >= 0.3 is 6.18 Å². The number of pyridine rings is 1. The molecular weight excluding hydrogens is 425 g/mol. The molecule has 1 heterocycles. The Hall–Kier alpha value is -2.33. The molecular formula is C19H21F3N2O5S. The summed E-state index contributed by atoms with van der Waals surface area (Å²) >= 11 is 4.14. The van der Waals surface area contributed by atoms with Crippen LogP contribution in [0.15, 0.2) is 17.1 Å². The van der Waals surface area contributed by atoms with Crippen molar-refractivity contribution in [3.8, 4) is 0 Å². The molecule has 2 rings (SSSR count). The minimum atomic E-state index is -4.70. The van der Waals surface area contributed by atoms with Crippen LogP contribution in [0.4, 0.5) is 13.2 Å². The first-order chi connectivity index (χ1) is 14.2. The molecule has 0 unspecified atom stereocenters. The number of carbonyl (C=O) groups excluding carboxylic acids is 3. The molecule has 1 aliphatic rings. The van der Waals surface area contributed by atoms with Crippen LogP contribution in [0.3, 0.4) is 0 Å². The molecule has 0 amide bonds. The molecule has 1 aromatic rings. The van der Waals surface area contributed by atoms with Crippen LogP contribution < -0.4 is 0 Å². The number of ether oxygens (including phenoxy) is 2. The van der Waals surface area contributed by atoms with E-state index >= 15 is 0 Å². The van der Waals surface area contributed by atoms with Gasteiger partial charge in [0.05, 0.1) is 30.7 Å². The molecule has 0 aliphatic heterocycles. The van der Waals surface area contributed by atoms with E-state index in [9.17, 15) is 27.6 Å². The van der Waals surface area contributed by atoms with E-state index in [0.29, 0.717) is 12.5 Å². The highest BCUT2D eigenvalue weighted by molar-refractivity contribution is 7.78. The van der Waals surface area contributed by atoms with Gasteiger partial charge in [-0.15, -0.1) is 0 Å². The predicted octanol–water partition coefficient (Wildman–Crippen LogP) is 3.10. The first kappa shape index (κ1) is 25.7. The van der Waals surface area contributed by atoms with E-state index in [4.69, 9.17) is 9.47 Å². The average Bonchev–Trinajstić information content (AvgIpc) is 2.70. The van der Waals surface area contributed by atoms with Crippen LogP contribution >= 0.6 is 12.2 Å². The highest BCUT2D eigenvalue weighted by atomic mass is 32.1. The third-order valence-corrected chi connectivity index (χ3v) is 4.23. The van der Waals surface area contributed by atoms with Gasteiger partial charge in [-0.25, -0.2) is 9.98 Å². The summed E-state index contributed by atoms with van der Waals surface area (Å²) in [6.07, 6.45) is -4.13. The van der Waals surface area contributed by atoms with Crippen molar-refractivity contribution < 1.29 is 37.0 Å². The number of isothiocyanates is 1. The lowest BCUT2D eigenvalue weighted by Crippen LogP contribution is -2.36. The largest absolute Gasteiger partial charge is 0.433 e. The minimum Gasteiger partial charge on any atom is -0.382 e. The van der Waals surface area contributed by atoms with Crippen molar-refractivity contribution in [2.24, 2.45) is 10.9 Å². The molecule has 0 aromatic carbocycles. The number of thiocarbonyl (C=S) groups is 1. The second kappa shape index (κ2) is 12.4. The number of hydrogen-bond acceptors (Lipinski definition) is 8. The van der Waals surface area contributed by atoms with Crippen molar-refractivity contribution in [1.82, 2.24) is 4.98 Å². The molecule has 164 valence electrons. The van der Waals surface area contributed by atoms with E-state index in [2.05, 4.69) is 27.4 Å². The molecule has 0 atom stereocenters. The lowest BCUT2D eigenvalue weighted by atomic mass is 9.81. The van der Waals surface area contributed by atoms with Crippen LogP contribution in [0.2, 0.25) is 0 Å². The summed E-state index contributed by atoms with van der Waals surface area (Å²) in [5.74, 6) is -3.33. The van der Waals surface area contributed by atoms with Crippen molar-refractivity contribution in [3.63, 3.8) is 0 Å². The highest BCUT2D eigenvalue weighted by Crippen LogP contribution is 2.30. The predicted molar refractivity (Wildman–Crippen MR) is 103 cm³/mol. The Morgan fingerprint density at radius 1 is 1.27 bits per heavy atom. The molecule has 1 aromatic heterocycles. The minimum absolute atomic E-state index is 0.0867. The van der Waals surface area contributed by atoms with Crippen molar-refractivity contribution in [1.29, 1.82) is 0 Å². The number of ketones is 3. The fourth-order valence-electron chi connectivity index (χ4n) is 2.66. The van der Waals surface area contributed by atoms with E-state index in [1.807, 2.05) is 0 Å². The SMILES string of the molecule is CN=C=S.COCCOCc1nc(C(F)(F)F)ccc1C(=O)C1C(=O)CCCC1=O. The zero-order valence-electron chi connectivity index (χ0n) is 16.5. The van der Waals surface area contributed by atoms with E-state index in [1.54, 1.807) is 7.05 Å². The summed E-state index contributed by atoms with van der Waals surface area (Å²) in [6, 6.07) is 1.60. The normalized spacial score (nSPS) is 14.6. The number of alkyl halides is 3. The highest BCUT2D eigenvalue weighted by Gasteiger charge is 2.39. The Balaban J connectivity index is 0.00000103. The number of nitrogens with zero attached hydrogens (tertiary/aromatic N) is 2. The second-order valence-corrected chi connectivity index (χ2v) is 6.31. The van der Waals surface area contributed by atoms with Gasteiger partial charge in [-0.3, -0.25) is 14.4 Å². The Labute approximate surface area is 176 Å². The first-order valence-electron chi connectivity index (χ1n) is 8.86. The molecule has 0 N–H and O–H groups in total. The topological polar surface area (TPSA) is 94.9 Å². The fourth-order valence-corrected chi connectivity index (χ4v) is 2.66. The Morgan fingerprint density at radius 2 is 1.87 bits per heavy atom. The molecule has 7 nitrogen and oxygen atoms in total. The van der Waals surface area contributed by atoms with Crippen LogP contribution in [0, 0.1) is 5.92 Å². The van der Waals surface area contributed by atoms with Gasteiger partial charge in [0.25, 0.3) is 0 Å². The summed E-state index contributed by atoms with van der Waals surface area (Å²) < 4.78 is 48.7. The molecule has 0 saturated heterocycles. The van der Waals surface area contributed by atoms with Crippen LogP contribution in [0.25, 0.3) is 0 Å². The summed E-state index contributed by atoms with van der Waals surface area (Å²) in [7, 11) is 3.02. The number of aromatic nitrogens is 1. The number of Topliss-reactive ketones (excluding diaryl/α,β-unsaturated/α-hetero) is 3. The molecule has 0 spiro atoms. The van der Waals surface area contributed by atoms with E-state index in [1.165, 1.54) is 7.11 Å². The van der Waals surface area contributed by atoms with E-state index < -0.39 is 35.1 Å². The summed E-state index contributed by atoms with van der Waals surface area (Å²) in [5, 5.41) is 2.14. The van der Waals surface area contributed by atoms with Crippen LogP contribution in [0.1, 0.15) is 41.0 Å². The summed E-state index contributed by atoms with van der Waals surface area (Å²) in [5.41, 5.74) is -1.64. The van der Waals surface area contributed by atoms with E-state index in [0.717, 1.165) is 6.07 Å². The number of halogens is 3. The molecule has 1 saturated carbocycles. The maximum Gasteiger partial charge on any atom is 0.433 e. The second-order valence-electron chi connectivity index (χ2n) is 6.13. The molecule has 0 bridgehead atoms. The molecule has 30 heavy (non-hydrogen) atoms. The number of rotatable bonds is 7. The third kappa shape index (κ3) is 7.49. The number of aliphatic imine (C=N–C) groups is 1. The molecule has 0 radical (unpaired) electrons. The van der Waals surface area contributed by atoms with Crippen molar-refractivity contribution >= 4 is 34.7 Å². The van der Waals surface area contributed by atoms with Crippen molar-refractivity contribution in [2.45, 2.75) is 32.0 Å². The van der Waals surface area contributed by atoms with Crippen molar-refractivity contribution in [2.75, 3.05) is 27.4 Å². The van der Waals surface area contributed by atoms with Gasteiger partial charge in [-0.05, 0) is 30.8 Å². The summed E-state index contributed by atoms with van der Waals surface area (Å²) in [6.45, 7) is -0.0748. The van der Waals surface area contributed by atoms with Crippen molar-refractivity contribution in [3.05, 3.63) is 29.1 Å². The first-order valence-corrected chi connectivity index (χ1v) is 9.27. The number of methoxy groups -OCH3 is 1. The lowest BCUT2D eigenvalue weighted by Gasteiger charge is -2.20. The maximum atomic E-state index is 12.9. The maximum absolute atomic E-state index is 12.9. The van der Waals surface area contributed by atoms with E-state index in [-0.39, 0.29) is 43.9 Å². The van der Waals surface area contributed by atoms with Gasteiger partial charge in [0.1, 0.15) is 11.6 Å². The van der Waals surface area contributed by atoms with Gasteiger partial charge in [0.15, 0.2) is 17.3 Å². The van der Waals surface area contributed by atoms with Crippen LogP contribution in [-0.4, -0.2) is 54.9 Å². The summed E-state index contributed by atoms with van der Waals surface area (Å²) in [4.78, 5) is 43.4. The Kier molecular flexibility index (Phi) is 10.6. The molecule has 1 aliphatic carbocycles.